The van der Waals surface area contributed by atoms with E-state index >= 15 is 0 Å². The van der Waals surface area contributed by atoms with Gasteiger partial charge in [-0.25, -0.2) is 0 Å². The number of anilines is 1. The summed E-state index contributed by atoms with van der Waals surface area (Å²) in [5.41, 5.74) is 1.19. The van der Waals surface area contributed by atoms with Crippen LogP contribution in [-0.4, -0.2) is 40.0 Å². The second-order valence-electron chi connectivity index (χ2n) is 4.70. The highest BCUT2D eigenvalue weighted by molar-refractivity contribution is 7.07. The summed E-state index contributed by atoms with van der Waals surface area (Å²) in [5, 5.41) is 18.2. The Morgan fingerprint density at radius 1 is 1.60 bits per heavy atom. The minimum absolute atomic E-state index is 0.143. The van der Waals surface area contributed by atoms with E-state index in [1.54, 1.807) is 23.0 Å². The van der Waals surface area contributed by atoms with E-state index in [4.69, 9.17) is 0 Å². The van der Waals surface area contributed by atoms with E-state index in [2.05, 4.69) is 26.6 Å². The highest BCUT2D eigenvalue weighted by Gasteiger charge is 2.22. The van der Waals surface area contributed by atoms with Crippen molar-refractivity contribution < 1.29 is 4.92 Å². The van der Waals surface area contributed by atoms with Gasteiger partial charge in [-0.1, -0.05) is 0 Å². The lowest BCUT2D eigenvalue weighted by atomic mass is 10.1. The van der Waals surface area contributed by atoms with Crippen LogP contribution in [0.2, 0.25) is 0 Å². The summed E-state index contributed by atoms with van der Waals surface area (Å²) < 4.78 is 1.62. The third-order valence-electron chi connectivity index (χ3n) is 3.10. The first-order valence-corrected chi connectivity index (χ1v) is 7.03. The number of hydrogen-bond acceptors (Lipinski definition) is 6. The highest BCUT2D eigenvalue weighted by Crippen LogP contribution is 2.25. The SMILES string of the molecule is CN(C)C(CNc1c([N+](=O)[O-])ncn1C)c1ccsc1. The van der Waals surface area contributed by atoms with Crippen molar-refractivity contribution in [2.24, 2.45) is 7.05 Å². The first kappa shape index (κ1) is 14.5. The smallest absolute Gasteiger partial charge is 0.362 e. The van der Waals surface area contributed by atoms with Gasteiger partial charge in [0.2, 0.25) is 12.1 Å². The first-order valence-electron chi connectivity index (χ1n) is 6.08. The fraction of sp³-hybridized carbons (Fsp3) is 0.417. The summed E-state index contributed by atoms with van der Waals surface area (Å²) in [5.74, 6) is 0.285. The van der Waals surface area contributed by atoms with Gasteiger partial charge in [-0.15, -0.1) is 0 Å². The van der Waals surface area contributed by atoms with Crippen LogP contribution in [0.4, 0.5) is 11.6 Å². The molecule has 1 atom stereocenters. The quantitative estimate of drug-likeness (QED) is 0.652. The number of likely N-dealkylation sites (N-methyl/N-ethyl adjacent to an activating group) is 1. The van der Waals surface area contributed by atoms with Crippen LogP contribution < -0.4 is 5.32 Å². The largest absolute Gasteiger partial charge is 0.406 e. The Bertz CT molecular complexity index is 579. The molecular weight excluding hydrogens is 278 g/mol. The van der Waals surface area contributed by atoms with Crippen LogP contribution in [0.25, 0.3) is 0 Å². The summed E-state index contributed by atoms with van der Waals surface area (Å²) >= 11 is 1.64. The summed E-state index contributed by atoms with van der Waals surface area (Å²) in [6.45, 7) is 0.574. The predicted molar refractivity (Wildman–Crippen MR) is 79.1 cm³/mol. The number of aromatic nitrogens is 2. The average molecular weight is 295 g/mol. The summed E-state index contributed by atoms with van der Waals surface area (Å²) in [4.78, 5) is 16.3. The summed E-state index contributed by atoms with van der Waals surface area (Å²) in [6.07, 6.45) is 1.44. The molecule has 20 heavy (non-hydrogen) atoms. The van der Waals surface area contributed by atoms with Crippen LogP contribution in [0.15, 0.2) is 23.2 Å². The lowest BCUT2D eigenvalue weighted by Crippen LogP contribution is -2.27. The van der Waals surface area contributed by atoms with E-state index < -0.39 is 4.92 Å². The van der Waals surface area contributed by atoms with Gasteiger partial charge in [0.15, 0.2) is 0 Å². The number of aryl methyl sites for hydroxylation is 1. The minimum atomic E-state index is -0.475. The third-order valence-corrected chi connectivity index (χ3v) is 3.81. The molecule has 2 heterocycles. The molecule has 0 saturated heterocycles. The number of imidazole rings is 1. The molecule has 0 fully saturated rings. The van der Waals surface area contributed by atoms with Gasteiger partial charge >= 0.3 is 5.82 Å². The standard InChI is InChI=1S/C12H17N5O2S/c1-15(2)10(9-4-5-20-7-9)6-13-11-12(17(18)19)14-8-16(11)3/h4-5,7-8,10,13H,6H2,1-3H3. The van der Waals surface area contributed by atoms with Gasteiger partial charge in [-0.05, 0) is 46.4 Å². The first-order chi connectivity index (χ1) is 9.50. The molecule has 7 nitrogen and oxygen atoms in total. The van der Waals surface area contributed by atoms with Crippen molar-refractivity contribution in [2.45, 2.75) is 6.04 Å². The zero-order chi connectivity index (χ0) is 14.7. The van der Waals surface area contributed by atoms with Crippen molar-refractivity contribution >= 4 is 23.0 Å². The molecule has 0 saturated carbocycles. The number of nitro groups is 1. The minimum Gasteiger partial charge on any atom is -0.362 e. The number of rotatable bonds is 6. The van der Waals surface area contributed by atoms with Crippen LogP contribution in [0.1, 0.15) is 11.6 Å². The maximum Gasteiger partial charge on any atom is 0.406 e. The van der Waals surface area contributed by atoms with E-state index in [-0.39, 0.29) is 11.9 Å². The average Bonchev–Trinajstić information content (AvgIpc) is 3.00. The molecule has 0 aliphatic rings. The van der Waals surface area contributed by atoms with Crippen LogP contribution in [0.3, 0.4) is 0 Å². The Labute approximate surface area is 121 Å². The van der Waals surface area contributed by atoms with Crippen molar-refractivity contribution in [1.82, 2.24) is 14.5 Å². The normalized spacial score (nSPS) is 12.6. The van der Waals surface area contributed by atoms with Crippen molar-refractivity contribution in [3.63, 3.8) is 0 Å². The molecule has 1 unspecified atom stereocenters. The van der Waals surface area contributed by atoms with E-state index in [0.29, 0.717) is 12.4 Å². The zero-order valence-corrected chi connectivity index (χ0v) is 12.4. The fourth-order valence-corrected chi connectivity index (χ4v) is 2.72. The third kappa shape index (κ3) is 2.97. The topological polar surface area (TPSA) is 76.2 Å². The van der Waals surface area contributed by atoms with Gasteiger partial charge in [0.25, 0.3) is 0 Å². The van der Waals surface area contributed by atoms with E-state index in [0.717, 1.165) is 0 Å². The van der Waals surface area contributed by atoms with Crippen LogP contribution in [0, 0.1) is 10.1 Å². The predicted octanol–water partition coefficient (Wildman–Crippen LogP) is 2.10. The van der Waals surface area contributed by atoms with E-state index in [1.165, 1.54) is 11.9 Å². The second kappa shape index (κ2) is 6.02. The molecule has 0 aliphatic carbocycles. The van der Waals surface area contributed by atoms with E-state index in [1.807, 2.05) is 19.5 Å². The zero-order valence-electron chi connectivity index (χ0n) is 11.6. The molecule has 0 amide bonds. The summed E-state index contributed by atoms with van der Waals surface area (Å²) in [6, 6.07) is 2.21. The molecule has 0 radical (unpaired) electrons. The van der Waals surface area contributed by atoms with Gasteiger partial charge in [0, 0.05) is 13.6 Å². The van der Waals surface area contributed by atoms with Crippen molar-refractivity contribution in [1.29, 1.82) is 0 Å². The van der Waals surface area contributed by atoms with Gasteiger partial charge in [-0.2, -0.15) is 11.3 Å². The Morgan fingerprint density at radius 3 is 2.90 bits per heavy atom. The Hall–Kier alpha value is -1.93. The summed E-state index contributed by atoms with van der Waals surface area (Å²) in [7, 11) is 5.71. The number of nitrogens with zero attached hydrogens (tertiary/aromatic N) is 4. The maximum absolute atomic E-state index is 10.9. The number of thiophene rings is 1. The maximum atomic E-state index is 10.9. The lowest BCUT2D eigenvalue weighted by molar-refractivity contribution is -0.388. The molecule has 8 heteroatoms. The Kier molecular flexibility index (Phi) is 4.35. The van der Waals surface area contributed by atoms with Gasteiger partial charge in [-0.3, -0.25) is 4.57 Å². The molecular formula is C12H17N5O2S. The van der Waals surface area contributed by atoms with Gasteiger partial charge in [0.05, 0.1) is 6.04 Å². The molecule has 0 aliphatic heterocycles. The molecule has 2 rings (SSSR count). The van der Waals surface area contributed by atoms with Crippen molar-refractivity contribution in [2.75, 3.05) is 26.0 Å². The Balaban J connectivity index is 2.14. The second-order valence-corrected chi connectivity index (χ2v) is 5.48. The Morgan fingerprint density at radius 2 is 2.35 bits per heavy atom. The highest BCUT2D eigenvalue weighted by atomic mass is 32.1. The molecule has 2 aromatic rings. The van der Waals surface area contributed by atoms with Crippen molar-refractivity contribution in [3.8, 4) is 0 Å². The number of nitrogens with one attached hydrogen (secondary N) is 1. The molecule has 0 aromatic carbocycles. The lowest BCUT2D eigenvalue weighted by Gasteiger charge is -2.24. The molecule has 0 spiro atoms. The van der Waals surface area contributed by atoms with Gasteiger partial charge in [0.1, 0.15) is 0 Å². The van der Waals surface area contributed by atoms with E-state index in [9.17, 15) is 10.1 Å². The van der Waals surface area contributed by atoms with Crippen LogP contribution >= 0.6 is 11.3 Å². The van der Waals surface area contributed by atoms with Gasteiger partial charge < -0.3 is 20.3 Å². The molecule has 108 valence electrons. The van der Waals surface area contributed by atoms with Crippen LogP contribution in [-0.2, 0) is 7.05 Å². The molecule has 0 bridgehead atoms. The van der Waals surface area contributed by atoms with Crippen LogP contribution in [0.5, 0.6) is 0 Å². The fourth-order valence-electron chi connectivity index (χ4n) is 2.01. The van der Waals surface area contributed by atoms with Crippen molar-refractivity contribution in [3.05, 3.63) is 38.8 Å². The monoisotopic (exact) mass is 295 g/mol. The molecule has 1 N–H and O–H groups in total. The molecule has 2 aromatic heterocycles. The number of hydrogen-bond donors (Lipinski definition) is 1.